The van der Waals surface area contributed by atoms with Gasteiger partial charge in [0.15, 0.2) is 0 Å². The van der Waals surface area contributed by atoms with E-state index >= 15 is 0 Å². The molecule has 0 radical (unpaired) electrons. The van der Waals surface area contributed by atoms with Gasteiger partial charge in [-0.1, -0.05) is 43.7 Å². The SMILES string of the molecule is C=CC(=O)N1CCN(c2nc(OCCCN3CCCCCC3)nc3c2CCN(c2cc(O)cc4ccccc24)C3)CC1. The van der Waals surface area contributed by atoms with Crippen molar-refractivity contribution in [3.05, 3.63) is 60.3 Å². The first-order valence-corrected chi connectivity index (χ1v) is 15.5. The molecule has 0 aliphatic carbocycles. The summed E-state index contributed by atoms with van der Waals surface area (Å²) < 4.78 is 6.22. The zero-order valence-electron chi connectivity index (χ0n) is 24.5. The number of aromatic nitrogens is 2. The van der Waals surface area contributed by atoms with E-state index in [4.69, 9.17) is 14.7 Å². The number of ether oxygens (including phenoxy) is 1. The number of hydrogen-bond acceptors (Lipinski definition) is 8. The second-order valence-corrected chi connectivity index (χ2v) is 11.6. The fourth-order valence-corrected chi connectivity index (χ4v) is 6.54. The molecule has 2 saturated heterocycles. The quantitative estimate of drug-likeness (QED) is 0.316. The number of hydrogen-bond donors (Lipinski definition) is 1. The number of fused-ring (bicyclic) bond motifs is 2. The average Bonchev–Trinajstić information content (AvgIpc) is 3.30. The summed E-state index contributed by atoms with van der Waals surface area (Å²) in [5.74, 6) is 1.16. The lowest BCUT2D eigenvalue weighted by Gasteiger charge is -2.38. The van der Waals surface area contributed by atoms with Gasteiger partial charge in [0.1, 0.15) is 11.6 Å². The summed E-state index contributed by atoms with van der Waals surface area (Å²) in [6.07, 6.45) is 8.37. The van der Waals surface area contributed by atoms with E-state index in [-0.39, 0.29) is 11.7 Å². The number of anilines is 2. The topological polar surface area (TPSA) is 85.3 Å². The van der Waals surface area contributed by atoms with Crippen LogP contribution in [0.1, 0.15) is 43.4 Å². The summed E-state index contributed by atoms with van der Waals surface area (Å²) in [4.78, 5) is 31.1. The fourth-order valence-electron chi connectivity index (χ4n) is 6.54. The predicted molar refractivity (Wildman–Crippen MR) is 166 cm³/mol. The van der Waals surface area contributed by atoms with E-state index in [1.807, 2.05) is 35.2 Å². The number of benzene rings is 2. The van der Waals surface area contributed by atoms with E-state index in [0.717, 1.165) is 59.5 Å². The van der Waals surface area contributed by atoms with E-state index in [2.05, 4.69) is 27.3 Å². The standard InChI is InChI=1S/C33H42N6O3/c1-2-31(41)37-17-19-38(20-18-37)32-28-12-16-39(30-23-26(40)22-25-10-5-6-11-27(25)30)24-29(28)34-33(35-32)42-21-9-15-36-13-7-3-4-8-14-36/h2,5-6,10-11,22-23,40H,1,3-4,7-9,12-21,24H2. The molecule has 9 heteroatoms. The number of phenolic OH excluding ortho intramolecular Hbond substituents is 1. The highest BCUT2D eigenvalue weighted by Gasteiger charge is 2.29. The van der Waals surface area contributed by atoms with Crippen LogP contribution in [0.15, 0.2) is 49.1 Å². The van der Waals surface area contributed by atoms with Gasteiger partial charge in [-0.3, -0.25) is 4.79 Å². The van der Waals surface area contributed by atoms with Crippen LogP contribution in [0.5, 0.6) is 11.8 Å². The summed E-state index contributed by atoms with van der Waals surface area (Å²) in [7, 11) is 0. The molecule has 3 aliphatic heterocycles. The highest BCUT2D eigenvalue weighted by Crippen LogP contribution is 2.36. The lowest BCUT2D eigenvalue weighted by molar-refractivity contribution is -0.126. The van der Waals surface area contributed by atoms with E-state index in [1.165, 1.54) is 44.8 Å². The van der Waals surface area contributed by atoms with Crippen molar-refractivity contribution in [2.45, 2.75) is 45.1 Å². The Morgan fingerprint density at radius 3 is 2.52 bits per heavy atom. The fraction of sp³-hybridized carbons (Fsp3) is 0.485. The van der Waals surface area contributed by atoms with Crippen molar-refractivity contribution >= 4 is 28.2 Å². The molecule has 0 spiro atoms. The number of amides is 1. The molecule has 1 amide bonds. The molecule has 0 unspecified atom stereocenters. The van der Waals surface area contributed by atoms with E-state index in [9.17, 15) is 9.90 Å². The molecule has 2 fully saturated rings. The molecule has 9 nitrogen and oxygen atoms in total. The summed E-state index contributed by atoms with van der Waals surface area (Å²) in [5, 5.41) is 12.6. The number of aromatic hydroxyl groups is 1. The molecule has 42 heavy (non-hydrogen) atoms. The Morgan fingerprint density at radius 2 is 1.74 bits per heavy atom. The van der Waals surface area contributed by atoms with Crippen molar-refractivity contribution in [2.24, 2.45) is 0 Å². The van der Waals surface area contributed by atoms with Crippen molar-refractivity contribution < 1.29 is 14.6 Å². The van der Waals surface area contributed by atoms with Crippen molar-refractivity contribution in [1.82, 2.24) is 19.8 Å². The number of rotatable bonds is 8. The lowest BCUT2D eigenvalue weighted by Crippen LogP contribution is -2.49. The van der Waals surface area contributed by atoms with Gasteiger partial charge in [-0.15, -0.1) is 0 Å². The van der Waals surface area contributed by atoms with Crippen molar-refractivity contribution in [3.8, 4) is 11.8 Å². The second kappa shape index (κ2) is 13.0. The maximum atomic E-state index is 12.2. The van der Waals surface area contributed by atoms with Crippen LogP contribution >= 0.6 is 0 Å². The Kier molecular flexibility index (Phi) is 8.74. The first-order valence-electron chi connectivity index (χ1n) is 15.5. The minimum atomic E-state index is -0.0261. The summed E-state index contributed by atoms with van der Waals surface area (Å²) >= 11 is 0. The molecular weight excluding hydrogens is 528 g/mol. The van der Waals surface area contributed by atoms with Crippen LogP contribution in [0.2, 0.25) is 0 Å². The van der Waals surface area contributed by atoms with E-state index in [0.29, 0.717) is 45.3 Å². The first kappa shape index (κ1) is 28.3. The Bertz CT molecular complexity index is 1410. The average molecular weight is 571 g/mol. The van der Waals surface area contributed by atoms with Crippen LogP contribution in [0.3, 0.4) is 0 Å². The molecule has 3 aliphatic rings. The Balaban J connectivity index is 1.23. The van der Waals surface area contributed by atoms with Gasteiger partial charge in [0.2, 0.25) is 5.91 Å². The molecule has 1 N–H and O–H groups in total. The smallest absolute Gasteiger partial charge is 0.318 e. The third-order valence-corrected chi connectivity index (χ3v) is 8.80. The highest BCUT2D eigenvalue weighted by molar-refractivity contribution is 5.95. The van der Waals surface area contributed by atoms with Crippen LogP contribution in [0.25, 0.3) is 10.8 Å². The highest BCUT2D eigenvalue weighted by atomic mass is 16.5. The van der Waals surface area contributed by atoms with Gasteiger partial charge in [-0.25, -0.2) is 0 Å². The van der Waals surface area contributed by atoms with Gasteiger partial charge in [0.05, 0.1) is 18.8 Å². The summed E-state index contributed by atoms with van der Waals surface area (Å²) in [6, 6.07) is 12.3. The molecular formula is C33H42N6O3. The Hall–Kier alpha value is -3.85. The number of likely N-dealkylation sites (tertiary alicyclic amines) is 1. The van der Waals surface area contributed by atoms with Crippen molar-refractivity contribution in [2.75, 3.05) is 68.8 Å². The van der Waals surface area contributed by atoms with Crippen LogP contribution in [0, 0.1) is 0 Å². The predicted octanol–water partition coefficient (Wildman–Crippen LogP) is 4.38. The van der Waals surface area contributed by atoms with Crippen LogP contribution < -0.4 is 14.5 Å². The molecule has 4 heterocycles. The number of phenols is 1. The minimum absolute atomic E-state index is 0.0261. The van der Waals surface area contributed by atoms with Crippen LogP contribution in [-0.2, 0) is 17.8 Å². The zero-order chi connectivity index (χ0) is 28.9. The number of nitrogens with zero attached hydrogens (tertiary/aromatic N) is 6. The van der Waals surface area contributed by atoms with E-state index < -0.39 is 0 Å². The summed E-state index contributed by atoms with van der Waals surface area (Å²) in [6.45, 7) is 11.7. The van der Waals surface area contributed by atoms with Crippen LogP contribution in [-0.4, -0.2) is 89.7 Å². The molecule has 0 saturated carbocycles. The minimum Gasteiger partial charge on any atom is -0.508 e. The van der Waals surface area contributed by atoms with Gasteiger partial charge in [0, 0.05) is 62.0 Å². The van der Waals surface area contributed by atoms with Gasteiger partial charge >= 0.3 is 6.01 Å². The molecule has 222 valence electrons. The molecule has 2 aromatic carbocycles. The lowest BCUT2D eigenvalue weighted by atomic mass is 10.0. The maximum Gasteiger partial charge on any atom is 0.318 e. The number of piperazine rings is 1. The van der Waals surface area contributed by atoms with Gasteiger partial charge in [0.25, 0.3) is 0 Å². The van der Waals surface area contributed by atoms with Gasteiger partial charge in [-0.05, 0) is 56.3 Å². The Labute approximate surface area is 248 Å². The molecule has 6 rings (SSSR count). The van der Waals surface area contributed by atoms with Crippen LogP contribution in [0.4, 0.5) is 11.5 Å². The number of carbonyl (C=O) groups is 1. The Morgan fingerprint density at radius 1 is 0.952 bits per heavy atom. The summed E-state index contributed by atoms with van der Waals surface area (Å²) in [5.41, 5.74) is 3.12. The van der Waals surface area contributed by atoms with E-state index in [1.54, 1.807) is 0 Å². The largest absolute Gasteiger partial charge is 0.508 e. The molecule has 3 aromatic rings. The molecule has 1 aromatic heterocycles. The monoisotopic (exact) mass is 570 g/mol. The zero-order valence-corrected chi connectivity index (χ0v) is 24.5. The van der Waals surface area contributed by atoms with Gasteiger partial charge < -0.3 is 29.4 Å². The van der Waals surface area contributed by atoms with Gasteiger partial charge in [-0.2, -0.15) is 9.97 Å². The maximum absolute atomic E-state index is 12.2. The first-order chi connectivity index (χ1) is 20.6. The second-order valence-electron chi connectivity index (χ2n) is 11.6. The molecule has 0 bridgehead atoms. The third kappa shape index (κ3) is 6.31. The normalized spacial score (nSPS) is 18.0. The van der Waals surface area contributed by atoms with Crippen molar-refractivity contribution in [1.29, 1.82) is 0 Å². The third-order valence-electron chi connectivity index (χ3n) is 8.80. The van der Waals surface area contributed by atoms with Crippen molar-refractivity contribution in [3.63, 3.8) is 0 Å². The number of carbonyl (C=O) groups excluding carboxylic acids is 1. The molecule has 0 atom stereocenters.